The second-order valence-electron chi connectivity index (χ2n) is 3.26. The molecule has 0 unspecified atom stereocenters. The molecule has 2 N–H and O–H groups in total. The highest BCUT2D eigenvalue weighted by Crippen LogP contribution is 2.04. The first-order valence-electron chi connectivity index (χ1n) is 5.40. The lowest BCUT2D eigenvalue weighted by Crippen LogP contribution is -2.30. The highest BCUT2D eigenvalue weighted by molar-refractivity contribution is 7.80. The quantitative estimate of drug-likeness (QED) is 0.557. The van der Waals surface area contributed by atoms with E-state index in [-0.39, 0.29) is 0 Å². The van der Waals surface area contributed by atoms with Gasteiger partial charge in [0.2, 0.25) is 0 Å². The molecule has 96 valence electrons. The number of thiocarbonyl (C=S) groups is 1. The Morgan fingerprint density at radius 1 is 1.59 bits per heavy atom. The van der Waals surface area contributed by atoms with Crippen LogP contribution in [-0.2, 0) is 16.2 Å². The van der Waals surface area contributed by atoms with Crippen molar-refractivity contribution < 1.29 is 9.47 Å². The predicted molar refractivity (Wildman–Crippen MR) is 70.0 cm³/mol. The van der Waals surface area contributed by atoms with E-state index in [1.807, 2.05) is 13.1 Å². The minimum absolute atomic E-state index is 0.446. The molecule has 0 spiro atoms. The molecule has 0 aromatic carbocycles. The van der Waals surface area contributed by atoms with Crippen LogP contribution in [0.4, 0.5) is 5.69 Å². The van der Waals surface area contributed by atoms with E-state index in [1.165, 1.54) is 0 Å². The molecule has 0 aliphatic carbocycles. The monoisotopic (exact) mass is 258 g/mol. The van der Waals surface area contributed by atoms with E-state index in [0.717, 1.165) is 5.69 Å². The Hall–Kier alpha value is -1.18. The molecule has 0 aliphatic heterocycles. The van der Waals surface area contributed by atoms with Gasteiger partial charge in [-0.2, -0.15) is 5.10 Å². The lowest BCUT2D eigenvalue weighted by molar-refractivity contribution is 0.0792. The number of anilines is 1. The minimum atomic E-state index is 0.446. The number of methoxy groups -OCH3 is 1. The van der Waals surface area contributed by atoms with Gasteiger partial charge in [-0.1, -0.05) is 0 Å². The first kappa shape index (κ1) is 13.9. The van der Waals surface area contributed by atoms with Gasteiger partial charge >= 0.3 is 0 Å². The van der Waals surface area contributed by atoms with Gasteiger partial charge in [-0.3, -0.25) is 0 Å². The van der Waals surface area contributed by atoms with Gasteiger partial charge in [0.25, 0.3) is 0 Å². The Morgan fingerprint density at radius 2 is 2.41 bits per heavy atom. The van der Waals surface area contributed by atoms with Crippen molar-refractivity contribution in [2.24, 2.45) is 0 Å². The molecule has 0 saturated heterocycles. The summed E-state index contributed by atoms with van der Waals surface area (Å²) in [4.78, 5) is 0. The zero-order valence-electron chi connectivity index (χ0n) is 10.1. The van der Waals surface area contributed by atoms with Gasteiger partial charge in [-0.15, -0.1) is 0 Å². The molecule has 6 nitrogen and oxygen atoms in total. The lowest BCUT2D eigenvalue weighted by atomic mass is 10.6. The Labute approximate surface area is 106 Å². The molecule has 17 heavy (non-hydrogen) atoms. The number of nitrogens with one attached hydrogen (secondary N) is 2. The normalized spacial score (nSPS) is 10.2. The van der Waals surface area contributed by atoms with Crippen LogP contribution in [0, 0.1) is 0 Å². The minimum Gasteiger partial charge on any atom is -0.383 e. The van der Waals surface area contributed by atoms with Crippen LogP contribution in [0.25, 0.3) is 0 Å². The Kier molecular flexibility index (Phi) is 6.53. The van der Waals surface area contributed by atoms with Crippen molar-refractivity contribution >= 4 is 23.0 Å². The van der Waals surface area contributed by atoms with Gasteiger partial charge in [0.15, 0.2) is 5.11 Å². The third-order valence-electron chi connectivity index (χ3n) is 1.91. The van der Waals surface area contributed by atoms with Crippen LogP contribution in [0.3, 0.4) is 0 Å². The van der Waals surface area contributed by atoms with Crippen molar-refractivity contribution in [2.45, 2.75) is 13.7 Å². The molecule has 1 aromatic heterocycles. The summed E-state index contributed by atoms with van der Waals surface area (Å²) in [6.45, 7) is 4.35. The number of rotatable bonds is 7. The number of aromatic nitrogens is 2. The van der Waals surface area contributed by atoms with E-state index in [2.05, 4.69) is 15.7 Å². The average Bonchev–Trinajstić information content (AvgIpc) is 2.74. The summed E-state index contributed by atoms with van der Waals surface area (Å²) < 4.78 is 11.8. The summed E-state index contributed by atoms with van der Waals surface area (Å²) in [5.41, 5.74) is 0.833. The van der Waals surface area contributed by atoms with E-state index in [1.54, 1.807) is 18.0 Å². The van der Waals surface area contributed by atoms with Crippen molar-refractivity contribution in [1.82, 2.24) is 15.1 Å². The molecule has 0 aliphatic rings. The highest BCUT2D eigenvalue weighted by atomic mass is 32.1. The van der Waals surface area contributed by atoms with E-state index in [0.29, 0.717) is 31.6 Å². The molecular formula is C10H18N4O2S. The third-order valence-corrected chi connectivity index (χ3v) is 2.16. The zero-order chi connectivity index (χ0) is 12.5. The topological polar surface area (TPSA) is 60.3 Å². The summed E-state index contributed by atoms with van der Waals surface area (Å²) >= 11 is 5.10. The fourth-order valence-corrected chi connectivity index (χ4v) is 1.35. The fourth-order valence-electron chi connectivity index (χ4n) is 1.13. The van der Waals surface area contributed by atoms with Crippen molar-refractivity contribution in [1.29, 1.82) is 0 Å². The van der Waals surface area contributed by atoms with Crippen LogP contribution in [0.15, 0.2) is 12.4 Å². The standard InChI is InChI=1S/C10H18N4O2S/c1-3-16-8-14-7-9(6-12-14)13-10(17)11-4-5-15-2/h6-7H,3-5,8H2,1-2H3,(H2,11,13,17). The van der Waals surface area contributed by atoms with Crippen LogP contribution in [0.5, 0.6) is 0 Å². The van der Waals surface area contributed by atoms with Gasteiger partial charge in [0, 0.05) is 20.3 Å². The number of hydrogen-bond donors (Lipinski definition) is 2. The maximum Gasteiger partial charge on any atom is 0.170 e. The molecule has 0 atom stereocenters. The van der Waals surface area contributed by atoms with Gasteiger partial charge in [0.05, 0.1) is 24.7 Å². The van der Waals surface area contributed by atoms with E-state index < -0.39 is 0 Å². The van der Waals surface area contributed by atoms with Crippen LogP contribution < -0.4 is 10.6 Å². The summed E-state index contributed by atoms with van der Waals surface area (Å²) in [7, 11) is 1.65. The largest absolute Gasteiger partial charge is 0.383 e. The molecular weight excluding hydrogens is 240 g/mol. The smallest absolute Gasteiger partial charge is 0.170 e. The molecule has 0 saturated carbocycles. The summed E-state index contributed by atoms with van der Waals surface area (Å²) in [5.74, 6) is 0. The number of nitrogens with zero attached hydrogens (tertiary/aromatic N) is 2. The maximum absolute atomic E-state index is 5.22. The summed E-state index contributed by atoms with van der Waals surface area (Å²) in [6, 6.07) is 0. The Bertz CT molecular complexity index is 343. The number of hydrogen-bond acceptors (Lipinski definition) is 4. The fraction of sp³-hybridized carbons (Fsp3) is 0.600. The van der Waals surface area contributed by atoms with Crippen LogP contribution in [0.1, 0.15) is 6.92 Å². The molecule has 7 heteroatoms. The second kappa shape index (κ2) is 7.99. The SMILES string of the molecule is CCOCn1cc(NC(=S)NCCOC)cn1. The van der Waals surface area contributed by atoms with Crippen molar-refractivity contribution in [3.8, 4) is 0 Å². The van der Waals surface area contributed by atoms with Crippen molar-refractivity contribution in [3.63, 3.8) is 0 Å². The molecule has 1 rings (SSSR count). The molecule has 0 fully saturated rings. The average molecular weight is 258 g/mol. The van der Waals surface area contributed by atoms with Crippen molar-refractivity contribution in [2.75, 3.05) is 32.2 Å². The summed E-state index contributed by atoms with van der Waals surface area (Å²) in [6.07, 6.45) is 3.53. The van der Waals surface area contributed by atoms with Crippen LogP contribution in [-0.4, -0.2) is 41.8 Å². The molecule has 0 bridgehead atoms. The maximum atomic E-state index is 5.22. The van der Waals surface area contributed by atoms with Gasteiger partial charge in [-0.05, 0) is 19.1 Å². The molecule has 0 amide bonds. The van der Waals surface area contributed by atoms with Gasteiger partial charge in [-0.25, -0.2) is 4.68 Å². The van der Waals surface area contributed by atoms with Crippen LogP contribution in [0.2, 0.25) is 0 Å². The molecule has 1 heterocycles. The number of ether oxygens (including phenoxy) is 2. The Balaban J connectivity index is 2.30. The highest BCUT2D eigenvalue weighted by Gasteiger charge is 2.00. The Morgan fingerprint density at radius 3 is 3.12 bits per heavy atom. The third kappa shape index (κ3) is 5.62. The van der Waals surface area contributed by atoms with Crippen molar-refractivity contribution in [3.05, 3.63) is 12.4 Å². The second-order valence-corrected chi connectivity index (χ2v) is 3.67. The summed E-state index contributed by atoms with van der Waals surface area (Å²) in [5, 5.41) is 10.7. The molecule has 0 radical (unpaired) electrons. The first-order chi connectivity index (χ1) is 8.26. The molecule has 1 aromatic rings. The van der Waals surface area contributed by atoms with E-state index in [4.69, 9.17) is 21.7 Å². The van der Waals surface area contributed by atoms with Gasteiger partial charge < -0.3 is 20.1 Å². The van der Waals surface area contributed by atoms with Gasteiger partial charge in [0.1, 0.15) is 6.73 Å². The predicted octanol–water partition coefficient (Wildman–Crippen LogP) is 0.810. The van der Waals surface area contributed by atoms with Crippen LogP contribution >= 0.6 is 12.2 Å². The lowest BCUT2D eigenvalue weighted by Gasteiger charge is -2.07. The van der Waals surface area contributed by atoms with E-state index in [9.17, 15) is 0 Å². The van der Waals surface area contributed by atoms with E-state index >= 15 is 0 Å². The first-order valence-corrected chi connectivity index (χ1v) is 5.81. The zero-order valence-corrected chi connectivity index (χ0v) is 10.9.